The van der Waals surface area contributed by atoms with Crippen LogP contribution in [-0.2, 0) is 9.53 Å². The van der Waals surface area contributed by atoms with E-state index in [1.54, 1.807) is 18.2 Å². The molecule has 90 valence electrons. The van der Waals surface area contributed by atoms with E-state index in [1.807, 2.05) is 13.8 Å². The Morgan fingerprint density at radius 2 is 1.88 bits per heavy atom. The predicted molar refractivity (Wildman–Crippen MR) is 64.6 cm³/mol. The average Bonchev–Trinajstić information content (AvgIpc) is 2.23. The number of para-hydroxylation sites is 2. The Hall–Kier alpha value is -1.55. The van der Waals surface area contributed by atoms with Gasteiger partial charge in [0.2, 0.25) is 5.91 Å². The summed E-state index contributed by atoms with van der Waals surface area (Å²) in [7, 11) is 0. The quantitative estimate of drug-likeness (QED) is 0.776. The molecule has 16 heavy (non-hydrogen) atoms. The molecule has 0 saturated carbocycles. The van der Waals surface area contributed by atoms with Crippen LogP contribution in [0.2, 0.25) is 0 Å². The van der Waals surface area contributed by atoms with Crippen LogP contribution in [0.4, 0.5) is 5.69 Å². The number of benzene rings is 1. The van der Waals surface area contributed by atoms with Gasteiger partial charge in [0, 0.05) is 20.1 Å². The van der Waals surface area contributed by atoms with Crippen molar-refractivity contribution in [2.45, 2.75) is 20.8 Å². The van der Waals surface area contributed by atoms with E-state index in [4.69, 9.17) is 9.84 Å². The fourth-order valence-electron chi connectivity index (χ4n) is 0.973. The molecule has 0 spiro atoms. The van der Waals surface area contributed by atoms with Gasteiger partial charge in [-0.15, -0.1) is 0 Å². The zero-order valence-electron chi connectivity index (χ0n) is 9.99. The number of phenols is 1. The molecule has 0 radical (unpaired) electrons. The van der Waals surface area contributed by atoms with Crippen LogP contribution in [0.25, 0.3) is 0 Å². The number of hydrogen-bond donors (Lipinski definition) is 2. The van der Waals surface area contributed by atoms with Crippen molar-refractivity contribution in [3.8, 4) is 5.75 Å². The smallest absolute Gasteiger partial charge is 0.221 e. The molecular formula is C12H19NO3. The van der Waals surface area contributed by atoms with Crippen LogP contribution in [0.15, 0.2) is 24.3 Å². The first-order chi connectivity index (χ1) is 7.61. The van der Waals surface area contributed by atoms with E-state index in [1.165, 1.54) is 13.0 Å². The Morgan fingerprint density at radius 1 is 1.31 bits per heavy atom. The second kappa shape index (κ2) is 8.73. The molecule has 1 aromatic carbocycles. The van der Waals surface area contributed by atoms with Crippen LogP contribution in [0.5, 0.6) is 5.75 Å². The van der Waals surface area contributed by atoms with Crippen molar-refractivity contribution < 1.29 is 14.6 Å². The van der Waals surface area contributed by atoms with E-state index < -0.39 is 0 Å². The first-order valence-electron chi connectivity index (χ1n) is 5.25. The maximum absolute atomic E-state index is 10.5. The minimum Gasteiger partial charge on any atom is -0.506 e. The Morgan fingerprint density at radius 3 is 2.25 bits per heavy atom. The van der Waals surface area contributed by atoms with Crippen LogP contribution in [-0.4, -0.2) is 24.2 Å². The van der Waals surface area contributed by atoms with Gasteiger partial charge in [0.1, 0.15) is 5.75 Å². The fraction of sp³-hybridized carbons (Fsp3) is 0.417. The highest BCUT2D eigenvalue weighted by Gasteiger charge is 1.98. The molecule has 1 aromatic rings. The first-order valence-corrected chi connectivity index (χ1v) is 5.25. The summed E-state index contributed by atoms with van der Waals surface area (Å²) in [5.41, 5.74) is 0.444. The molecule has 2 N–H and O–H groups in total. The third-order valence-electron chi connectivity index (χ3n) is 1.62. The second-order valence-electron chi connectivity index (χ2n) is 2.98. The van der Waals surface area contributed by atoms with E-state index in [0.29, 0.717) is 5.69 Å². The molecule has 0 aliphatic carbocycles. The Labute approximate surface area is 96.2 Å². The lowest BCUT2D eigenvalue weighted by atomic mass is 10.3. The van der Waals surface area contributed by atoms with Crippen LogP contribution in [0, 0.1) is 0 Å². The van der Waals surface area contributed by atoms with Gasteiger partial charge in [0.15, 0.2) is 0 Å². The van der Waals surface area contributed by atoms with E-state index in [9.17, 15) is 4.79 Å². The van der Waals surface area contributed by atoms with Crippen molar-refractivity contribution in [1.29, 1.82) is 0 Å². The molecule has 0 saturated heterocycles. The SMILES string of the molecule is CC(=O)Nc1ccccc1O.CCOCC. The largest absolute Gasteiger partial charge is 0.506 e. The molecular weight excluding hydrogens is 206 g/mol. The number of carbonyl (C=O) groups is 1. The molecule has 0 fully saturated rings. The van der Waals surface area contributed by atoms with Gasteiger partial charge < -0.3 is 15.2 Å². The van der Waals surface area contributed by atoms with Gasteiger partial charge in [-0.05, 0) is 26.0 Å². The third-order valence-corrected chi connectivity index (χ3v) is 1.62. The molecule has 0 bridgehead atoms. The summed E-state index contributed by atoms with van der Waals surface area (Å²) in [6, 6.07) is 6.59. The molecule has 0 atom stereocenters. The number of ether oxygens (including phenoxy) is 1. The fourth-order valence-corrected chi connectivity index (χ4v) is 0.973. The molecule has 0 aromatic heterocycles. The zero-order valence-corrected chi connectivity index (χ0v) is 9.99. The summed E-state index contributed by atoms with van der Waals surface area (Å²) in [6.45, 7) is 7.06. The van der Waals surface area contributed by atoms with Crippen molar-refractivity contribution >= 4 is 11.6 Å². The predicted octanol–water partition coefficient (Wildman–Crippen LogP) is 2.39. The highest BCUT2D eigenvalue weighted by atomic mass is 16.5. The summed E-state index contributed by atoms with van der Waals surface area (Å²) >= 11 is 0. The van der Waals surface area contributed by atoms with Gasteiger partial charge in [0.25, 0.3) is 0 Å². The van der Waals surface area contributed by atoms with Crippen molar-refractivity contribution in [2.24, 2.45) is 0 Å². The van der Waals surface area contributed by atoms with Crippen molar-refractivity contribution in [3.63, 3.8) is 0 Å². The lowest BCUT2D eigenvalue weighted by molar-refractivity contribution is -0.114. The van der Waals surface area contributed by atoms with E-state index >= 15 is 0 Å². The zero-order chi connectivity index (χ0) is 12.4. The lowest BCUT2D eigenvalue weighted by Gasteiger charge is -2.02. The number of aromatic hydroxyl groups is 1. The first kappa shape index (κ1) is 14.5. The maximum atomic E-state index is 10.5. The monoisotopic (exact) mass is 225 g/mol. The van der Waals surface area contributed by atoms with Crippen molar-refractivity contribution in [3.05, 3.63) is 24.3 Å². The molecule has 0 unspecified atom stereocenters. The van der Waals surface area contributed by atoms with Crippen LogP contribution in [0.3, 0.4) is 0 Å². The van der Waals surface area contributed by atoms with E-state index in [-0.39, 0.29) is 11.7 Å². The molecule has 0 aliphatic heterocycles. The minimum atomic E-state index is -0.188. The summed E-state index contributed by atoms with van der Waals surface area (Å²) in [5, 5.41) is 11.6. The number of anilines is 1. The summed E-state index contributed by atoms with van der Waals surface area (Å²) in [5.74, 6) is -0.103. The summed E-state index contributed by atoms with van der Waals surface area (Å²) in [4.78, 5) is 10.5. The number of amides is 1. The number of rotatable bonds is 3. The van der Waals surface area contributed by atoms with Gasteiger partial charge in [0.05, 0.1) is 5.69 Å². The van der Waals surface area contributed by atoms with E-state index in [0.717, 1.165) is 13.2 Å². The van der Waals surface area contributed by atoms with E-state index in [2.05, 4.69) is 5.32 Å². The Bertz CT molecular complexity index is 311. The Balaban J connectivity index is 0.000000385. The van der Waals surface area contributed by atoms with Crippen molar-refractivity contribution in [2.75, 3.05) is 18.5 Å². The summed E-state index contributed by atoms with van der Waals surface area (Å²) < 4.78 is 4.83. The van der Waals surface area contributed by atoms with Gasteiger partial charge in [-0.1, -0.05) is 12.1 Å². The van der Waals surface area contributed by atoms with Crippen LogP contribution >= 0.6 is 0 Å². The second-order valence-corrected chi connectivity index (χ2v) is 2.98. The lowest BCUT2D eigenvalue weighted by Crippen LogP contribution is -2.05. The standard InChI is InChI=1S/C8H9NO2.C4H10O/c1-6(10)9-7-4-2-3-5-8(7)11;1-3-5-4-2/h2-5,11H,1H3,(H,9,10);3-4H2,1-2H3. The third kappa shape index (κ3) is 6.84. The number of hydrogen-bond acceptors (Lipinski definition) is 3. The molecule has 4 nitrogen and oxygen atoms in total. The minimum absolute atomic E-state index is 0.0858. The average molecular weight is 225 g/mol. The normalized spacial score (nSPS) is 8.94. The molecule has 0 aliphatic rings. The summed E-state index contributed by atoms with van der Waals surface area (Å²) in [6.07, 6.45) is 0. The number of phenolic OH excluding ortho intramolecular Hbond substituents is 1. The molecule has 0 heterocycles. The highest BCUT2D eigenvalue weighted by Crippen LogP contribution is 2.20. The van der Waals surface area contributed by atoms with Crippen LogP contribution in [0.1, 0.15) is 20.8 Å². The number of nitrogens with one attached hydrogen (secondary N) is 1. The van der Waals surface area contributed by atoms with Gasteiger partial charge in [-0.2, -0.15) is 0 Å². The molecule has 1 amide bonds. The molecule has 4 heteroatoms. The van der Waals surface area contributed by atoms with Gasteiger partial charge >= 0.3 is 0 Å². The molecule has 1 rings (SSSR count). The maximum Gasteiger partial charge on any atom is 0.221 e. The topological polar surface area (TPSA) is 58.6 Å². The highest BCUT2D eigenvalue weighted by molar-refractivity contribution is 5.90. The van der Waals surface area contributed by atoms with Gasteiger partial charge in [-0.3, -0.25) is 4.79 Å². The van der Waals surface area contributed by atoms with Crippen LogP contribution < -0.4 is 5.32 Å². The van der Waals surface area contributed by atoms with Crippen molar-refractivity contribution in [1.82, 2.24) is 0 Å². The Kier molecular flexibility index (Phi) is 7.89. The number of carbonyl (C=O) groups excluding carboxylic acids is 1. The van der Waals surface area contributed by atoms with Gasteiger partial charge in [-0.25, -0.2) is 0 Å².